The highest BCUT2D eigenvalue weighted by Gasteiger charge is 2.59. The Morgan fingerprint density at radius 1 is 1.34 bits per heavy atom. The van der Waals surface area contributed by atoms with Crippen molar-refractivity contribution in [3.05, 3.63) is 9.88 Å². The van der Waals surface area contributed by atoms with Crippen molar-refractivity contribution in [1.29, 1.82) is 0 Å². The van der Waals surface area contributed by atoms with Crippen molar-refractivity contribution < 1.29 is 24.2 Å². The first-order valence-electron chi connectivity index (χ1n) is 10.1. The molecule has 1 aromatic rings. The first kappa shape index (κ1) is 18.8. The van der Waals surface area contributed by atoms with Crippen LogP contribution >= 0.6 is 11.3 Å². The summed E-state index contributed by atoms with van der Waals surface area (Å²) in [6, 6.07) is -1.41. The third kappa shape index (κ3) is 3.09. The van der Waals surface area contributed by atoms with Crippen molar-refractivity contribution in [2.24, 2.45) is 11.1 Å². The van der Waals surface area contributed by atoms with Crippen LogP contribution in [0.25, 0.3) is 0 Å². The van der Waals surface area contributed by atoms with Crippen LogP contribution in [0.2, 0.25) is 0 Å². The van der Waals surface area contributed by atoms with E-state index < -0.39 is 24.1 Å². The number of aliphatic hydroxyl groups is 1. The number of hydrogen-bond acceptors (Lipinski definition) is 7. The molecule has 1 aliphatic heterocycles. The van der Waals surface area contributed by atoms with Crippen molar-refractivity contribution in [2.45, 2.75) is 75.7 Å². The van der Waals surface area contributed by atoms with Crippen LogP contribution in [0.3, 0.4) is 0 Å². The number of carbonyl (C=O) groups is 3. The fourth-order valence-electron chi connectivity index (χ4n) is 4.85. The third-order valence-electron chi connectivity index (χ3n) is 6.55. The first-order valence-corrected chi connectivity index (χ1v) is 10.9. The largest absolute Gasteiger partial charge is 0.473 e. The van der Waals surface area contributed by atoms with Crippen LogP contribution in [0.1, 0.15) is 66.0 Å². The molecule has 1 saturated heterocycles. The number of imide groups is 1. The predicted molar refractivity (Wildman–Crippen MR) is 103 cm³/mol. The van der Waals surface area contributed by atoms with Gasteiger partial charge in [-0.3, -0.25) is 14.5 Å². The topological polar surface area (TPSA) is 135 Å². The summed E-state index contributed by atoms with van der Waals surface area (Å²) in [6.07, 6.45) is 4.34. The summed E-state index contributed by atoms with van der Waals surface area (Å²) in [6.45, 7) is 1.50. The highest BCUT2D eigenvalue weighted by atomic mass is 32.1. The average molecular weight is 420 g/mol. The lowest BCUT2D eigenvalue weighted by Crippen LogP contribution is -2.60. The molecule has 9 nitrogen and oxygen atoms in total. The zero-order valence-electron chi connectivity index (χ0n) is 16.1. The molecule has 0 bridgehead atoms. The van der Waals surface area contributed by atoms with E-state index in [9.17, 15) is 19.5 Å². The van der Waals surface area contributed by atoms with Crippen molar-refractivity contribution in [2.75, 3.05) is 0 Å². The maximum Gasteiger partial charge on any atom is 0.325 e. The summed E-state index contributed by atoms with van der Waals surface area (Å²) in [5.74, 6) is -0.0642. The number of nitrogens with zero attached hydrogens (tertiary/aromatic N) is 2. The summed E-state index contributed by atoms with van der Waals surface area (Å²) < 4.78 is 5.99. The van der Waals surface area contributed by atoms with Crippen molar-refractivity contribution >= 4 is 29.2 Å². The SMILES string of the molecule is C[C@@H](O)C1NC(=O)N(C2CC3(CC(Oc4nc(C5CC5)sc4C(N)=O)C3)C2)C1=O. The van der Waals surface area contributed by atoms with E-state index in [-0.39, 0.29) is 23.5 Å². The van der Waals surface area contributed by atoms with Gasteiger partial charge in [0.05, 0.1) is 6.10 Å². The van der Waals surface area contributed by atoms with Gasteiger partial charge < -0.3 is 20.9 Å². The molecular formula is C19H24N4O5S. The monoisotopic (exact) mass is 420 g/mol. The Hall–Kier alpha value is -2.20. The number of thiazole rings is 1. The summed E-state index contributed by atoms with van der Waals surface area (Å²) in [4.78, 5) is 42.4. The van der Waals surface area contributed by atoms with Gasteiger partial charge in [0.2, 0.25) is 5.88 Å². The second-order valence-corrected chi connectivity index (χ2v) is 9.94. The smallest absolute Gasteiger partial charge is 0.325 e. The number of aliphatic hydroxyl groups excluding tert-OH is 1. The molecule has 4 N–H and O–H groups in total. The molecule has 3 saturated carbocycles. The minimum atomic E-state index is -0.912. The average Bonchev–Trinajstić information content (AvgIpc) is 3.28. The van der Waals surface area contributed by atoms with Gasteiger partial charge in [-0.2, -0.15) is 0 Å². The second kappa shape index (κ2) is 6.40. The number of carbonyl (C=O) groups excluding carboxylic acids is 3. The summed E-state index contributed by atoms with van der Waals surface area (Å²) in [5.41, 5.74) is 5.55. The van der Waals surface area contributed by atoms with Gasteiger partial charge in [0.15, 0.2) is 4.88 Å². The van der Waals surface area contributed by atoms with Crippen LogP contribution in [0, 0.1) is 5.41 Å². The third-order valence-corrected chi connectivity index (χ3v) is 7.76. The molecule has 4 amide bonds. The Kier molecular flexibility index (Phi) is 4.15. The lowest BCUT2D eigenvalue weighted by Gasteiger charge is -2.58. The van der Waals surface area contributed by atoms with Crippen LogP contribution in [0.4, 0.5) is 4.79 Å². The molecule has 29 heavy (non-hydrogen) atoms. The van der Waals surface area contributed by atoms with Gasteiger partial charge in [-0.1, -0.05) is 0 Å². The minimum absolute atomic E-state index is 0.0310. The lowest BCUT2D eigenvalue weighted by molar-refractivity contribution is -0.142. The van der Waals surface area contributed by atoms with Crippen molar-refractivity contribution in [3.8, 4) is 5.88 Å². The first-order chi connectivity index (χ1) is 13.8. The zero-order chi connectivity index (χ0) is 20.5. The van der Waals surface area contributed by atoms with E-state index in [2.05, 4.69) is 10.3 Å². The molecule has 1 spiro atoms. The van der Waals surface area contributed by atoms with Gasteiger partial charge in [0.1, 0.15) is 17.2 Å². The van der Waals surface area contributed by atoms with E-state index >= 15 is 0 Å². The molecule has 5 rings (SSSR count). The number of nitrogens with one attached hydrogen (secondary N) is 1. The number of urea groups is 1. The molecule has 2 atom stereocenters. The molecule has 4 aliphatic rings. The van der Waals surface area contributed by atoms with Crippen LogP contribution in [-0.2, 0) is 4.79 Å². The van der Waals surface area contributed by atoms with Gasteiger partial charge in [-0.25, -0.2) is 9.78 Å². The quantitative estimate of drug-likeness (QED) is 0.590. The number of aromatic nitrogens is 1. The molecule has 3 aliphatic carbocycles. The van der Waals surface area contributed by atoms with E-state index in [1.165, 1.54) is 23.2 Å². The Labute approximate surface area is 171 Å². The molecule has 10 heteroatoms. The molecule has 1 aromatic heterocycles. The fraction of sp³-hybridized carbons (Fsp3) is 0.684. The van der Waals surface area contributed by atoms with Crippen LogP contribution in [0.5, 0.6) is 5.88 Å². The van der Waals surface area contributed by atoms with E-state index in [1.54, 1.807) is 0 Å². The molecule has 156 valence electrons. The number of nitrogens with two attached hydrogens (primary N) is 1. The van der Waals surface area contributed by atoms with Gasteiger partial charge in [0, 0.05) is 12.0 Å². The van der Waals surface area contributed by atoms with Gasteiger partial charge in [0.25, 0.3) is 11.8 Å². The molecular weight excluding hydrogens is 396 g/mol. The Morgan fingerprint density at radius 3 is 2.59 bits per heavy atom. The molecule has 4 fully saturated rings. The van der Waals surface area contributed by atoms with Gasteiger partial charge >= 0.3 is 6.03 Å². The zero-order valence-corrected chi connectivity index (χ0v) is 16.9. The standard InChI is InChI=1S/C19H24N4O5S/c1-8(24)12-17(26)23(18(27)21-12)10-4-19(5-10)6-11(7-19)28-15-13(14(20)25)29-16(22-15)9-2-3-9/h8-12,24H,2-7H2,1H3,(H2,20,25)(H,21,27)/t8-,10?,11?,12?,19?/m1/s1. The Balaban J connectivity index is 1.17. The van der Waals surface area contributed by atoms with E-state index in [0.717, 1.165) is 43.5 Å². The highest BCUT2D eigenvalue weighted by Crippen LogP contribution is 2.58. The molecule has 2 heterocycles. The summed E-state index contributed by atoms with van der Waals surface area (Å²) in [5, 5.41) is 13.1. The normalized spacial score (nSPS) is 34.6. The van der Waals surface area contributed by atoms with Crippen LogP contribution < -0.4 is 15.8 Å². The fourth-order valence-corrected chi connectivity index (χ4v) is 5.87. The van der Waals surface area contributed by atoms with Gasteiger partial charge in [-0.05, 0) is 50.9 Å². The van der Waals surface area contributed by atoms with E-state index in [4.69, 9.17) is 10.5 Å². The Bertz CT molecular complexity index is 881. The van der Waals surface area contributed by atoms with E-state index in [1.807, 2.05) is 0 Å². The number of ether oxygens (including phenoxy) is 1. The number of amides is 4. The second-order valence-electron chi connectivity index (χ2n) is 8.91. The van der Waals surface area contributed by atoms with Crippen LogP contribution in [0.15, 0.2) is 0 Å². The van der Waals surface area contributed by atoms with Crippen molar-refractivity contribution in [1.82, 2.24) is 15.2 Å². The summed E-state index contributed by atoms with van der Waals surface area (Å²) in [7, 11) is 0. The minimum Gasteiger partial charge on any atom is -0.473 e. The van der Waals surface area contributed by atoms with Crippen LogP contribution in [-0.4, -0.2) is 57.1 Å². The number of hydrogen-bond donors (Lipinski definition) is 3. The Morgan fingerprint density at radius 2 is 2.03 bits per heavy atom. The number of primary amides is 1. The lowest BCUT2D eigenvalue weighted by atomic mass is 9.52. The molecule has 0 aromatic carbocycles. The number of rotatable bonds is 6. The molecule has 0 radical (unpaired) electrons. The maximum atomic E-state index is 12.4. The molecule has 1 unspecified atom stereocenters. The van der Waals surface area contributed by atoms with Gasteiger partial charge in [-0.15, -0.1) is 11.3 Å². The maximum absolute atomic E-state index is 12.4. The van der Waals surface area contributed by atoms with E-state index in [0.29, 0.717) is 16.7 Å². The summed E-state index contributed by atoms with van der Waals surface area (Å²) >= 11 is 1.33. The predicted octanol–water partition coefficient (Wildman–Crippen LogP) is 1.11. The van der Waals surface area contributed by atoms with Crippen molar-refractivity contribution in [3.63, 3.8) is 0 Å². The highest BCUT2D eigenvalue weighted by molar-refractivity contribution is 7.14.